The maximum Gasteiger partial charge on any atom is 0.246 e. The molecule has 2 heterocycles. The molecule has 9 heteroatoms. The molecule has 3 fully saturated rings. The molecule has 236 valence electrons. The molecule has 2 aliphatic heterocycles. The number of carbonyl (C=O) groups is 4. The van der Waals surface area contributed by atoms with E-state index in [1.165, 1.54) is 16.9 Å². The molecule has 6 atom stereocenters. The fourth-order valence-electron chi connectivity index (χ4n) is 8.69. The largest absolute Gasteiger partial charge is 0.504 e. The van der Waals surface area contributed by atoms with Crippen LogP contribution < -0.4 is 9.64 Å². The minimum atomic E-state index is -1.48. The van der Waals surface area contributed by atoms with E-state index in [2.05, 4.69) is 0 Å². The van der Waals surface area contributed by atoms with Crippen LogP contribution in [0.25, 0.3) is 0 Å². The Hall–Kier alpha value is -4.43. The summed E-state index contributed by atoms with van der Waals surface area (Å²) in [4.78, 5) is 60.5. The van der Waals surface area contributed by atoms with Crippen molar-refractivity contribution in [1.29, 1.82) is 0 Å². The number of hydrogen-bond donors (Lipinski definition) is 1. The zero-order valence-corrected chi connectivity index (χ0v) is 26.8. The molecule has 4 amide bonds. The molecule has 46 heavy (non-hydrogen) atoms. The number of phenols is 1. The second-order valence-electron chi connectivity index (χ2n) is 13.7. The molecule has 1 saturated carbocycles. The van der Waals surface area contributed by atoms with E-state index in [0.29, 0.717) is 28.3 Å². The molecule has 1 N–H and O–H groups in total. The molecular weight excluding hydrogens is 604 g/mol. The molecule has 0 spiro atoms. The van der Waals surface area contributed by atoms with Crippen LogP contribution in [0.4, 0.5) is 5.69 Å². The minimum absolute atomic E-state index is 0.140. The van der Waals surface area contributed by atoms with E-state index in [4.69, 9.17) is 16.3 Å². The Kier molecular flexibility index (Phi) is 6.94. The number of aromatic hydroxyl groups is 1. The summed E-state index contributed by atoms with van der Waals surface area (Å²) in [7, 11) is 1.46. The molecule has 2 aliphatic carbocycles. The lowest BCUT2D eigenvalue weighted by atomic mass is 9.49. The lowest BCUT2D eigenvalue weighted by molar-refractivity contribution is -0.145. The number of hydrogen-bond acceptors (Lipinski definition) is 6. The molecule has 0 bridgehead atoms. The van der Waals surface area contributed by atoms with E-state index in [0.717, 1.165) is 5.57 Å². The summed E-state index contributed by atoms with van der Waals surface area (Å²) in [6, 6.07) is 21.0. The average molecular weight is 639 g/mol. The second kappa shape index (κ2) is 10.6. The topological polar surface area (TPSA) is 104 Å². The molecule has 8 nitrogen and oxygen atoms in total. The van der Waals surface area contributed by atoms with Gasteiger partial charge in [-0.2, -0.15) is 0 Å². The van der Waals surface area contributed by atoms with Crippen molar-refractivity contribution in [3.05, 3.63) is 101 Å². The van der Waals surface area contributed by atoms with Gasteiger partial charge >= 0.3 is 0 Å². The van der Waals surface area contributed by atoms with Crippen molar-refractivity contribution in [2.45, 2.75) is 50.5 Å². The Morgan fingerprint density at radius 1 is 0.891 bits per heavy atom. The smallest absolute Gasteiger partial charge is 0.246 e. The number of benzene rings is 3. The normalized spacial score (nSPS) is 29.0. The summed E-state index contributed by atoms with van der Waals surface area (Å²) in [5, 5.41) is 12.1. The molecule has 3 aromatic carbocycles. The van der Waals surface area contributed by atoms with Gasteiger partial charge in [0.2, 0.25) is 23.6 Å². The van der Waals surface area contributed by atoms with E-state index in [-0.39, 0.29) is 29.7 Å². The molecule has 3 aromatic rings. The first-order valence-electron chi connectivity index (χ1n) is 15.6. The maximum atomic E-state index is 15.2. The lowest BCUT2D eigenvalue weighted by Crippen LogP contribution is -2.53. The van der Waals surface area contributed by atoms with Crippen LogP contribution in [0.1, 0.15) is 50.7 Å². The lowest BCUT2D eigenvalue weighted by Gasteiger charge is -2.50. The number of phenolic OH excluding ortho intramolecular Hbond substituents is 1. The second-order valence-corrected chi connectivity index (χ2v) is 14.1. The fourth-order valence-corrected chi connectivity index (χ4v) is 8.87. The van der Waals surface area contributed by atoms with Gasteiger partial charge in [0.15, 0.2) is 11.5 Å². The highest BCUT2D eigenvalue weighted by Gasteiger charge is 2.70. The van der Waals surface area contributed by atoms with Gasteiger partial charge in [-0.1, -0.05) is 71.8 Å². The van der Waals surface area contributed by atoms with Crippen molar-refractivity contribution >= 4 is 40.9 Å². The Balaban J connectivity index is 1.52. The van der Waals surface area contributed by atoms with Crippen LogP contribution in [-0.2, 0) is 24.6 Å². The Morgan fingerprint density at radius 2 is 1.61 bits per heavy atom. The number of nitrogens with zero attached hydrogens (tertiary/aromatic N) is 2. The van der Waals surface area contributed by atoms with Crippen LogP contribution in [0.2, 0.25) is 5.02 Å². The third-order valence-electron chi connectivity index (χ3n) is 10.4. The van der Waals surface area contributed by atoms with Crippen molar-refractivity contribution in [3.63, 3.8) is 0 Å². The zero-order valence-electron chi connectivity index (χ0n) is 26.1. The minimum Gasteiger partial charge on any atom is -0.504 e. The third-order valence-corrected chi connectivity index (χ3v) is 10.6. The quantitative estimate of drug-likeness (QED) is 0.277. The van der Waals surface area contributed by atoms with E-state index >= 15 is 4.79 Å². The summed E-state index contributed by atoms with van der Waals surface area (Å²) in [6.45, 7) is 5.53. The van der Waals surface area contributed by atoms with E-state index in [1.54, 1.807) is 42.5 Å². The number of likely N-dealkylation sites (tertiary alicyclic amines) is 1. The van der Waals surface area contributed by atoms with Crippen molar-refractivity contribution in [1.82, 2.24) is 4.90 Å². The Bertz CT molecular complexity index is 1830. The zero-order chi connectivity index (χ0) is 32.7. The van der Waals surface area contributed by atoms with E-state index < -0.39 is 52.4 Å². The average Bonchev–Trinajstić information content (AvgIpc) is 3.42. The van der Waals surface area contributed by atoms with Crippen molar-refractivity contribution in [2.24, 2.45) is 23.7 Å². The number of methoxy groups -OCH3 is 1. The predicted octanol–water partition coefficient (Wildman–Crippen LogP) is 6.02. The van der Waals surface area contributed by atoms with Crippen LogP contribution >= 0.6 is 11.6 Å². The van der Waals surface area contributed by atoms with Crippen LogP contribution in [0.5, 0.6) is 11.5 Å². The van der Waals surface area contributed by atoms with Crippen molar-refractivity contribution in [2.75, 3.05) is 12.0 Å². The Labute approximate surface area is 272 Å². The van der Waals surface area contributed by atoms with Gasteiger partial charge in [-0.3, -0.25) is 24.1 Å². The summed E-state index contributed by atoms with van der Waals surface area (Å²) >= 11 is 6.36. The Morgan fingerprint density at radius 3 is 2.28 bits per heavy atom. The summed E-state index contributed by atoms with van der Waals surface area (Å²) in [5.41, 5.74) is -0.0312. The molecule has 2 saturated heterocycles. The monoisotopic (exact) mass is 638 g/mol. The highest BCUT2D eigenvalue weighted by Crippen LogP contribution is 2.65. The van der Waals surface area contributed by atoms with Gasteiger partial charge in [0, 0.05) is 22.0 Å². The van der Waals surface area contributed by atoms with Gasteiger partial charge in [-0.25, -0.2) is 4.90 Å². The van der Waals surface area contributed by atoms with Crippen LogP contribution in [-0.4, -0.2) is 46.3 Å². The van der Waals surface area contributed by atoms with Gasteiger partial charge in [-0.05, 0) is 69.4 Å². The standard InChI is InChI=1S/C37H35ClN2O6/c1-36(2,3)40-32(42)24-17-16-23-26(29(24)34(40)44)19-27-33(43)39(22-13-8-12-21(38)18-22)35(45)37(27,20-10-6-5-7-11-20)30(23)25-14-9-15-28(46-4)31(25)41/h5-16,18,24,26-27,29-30,41H,17,19H2,1-4H3. The number of halogens is 1. The molecule has 6 unspecified atom stereocenters. The number of para-hydroxylation sites is 1. The summed E-state index contributed by atoms with van der Waals surface area (Å²) < 4.78 is 5.51. The van der Waals surface area contributed by atoms with Crippen LogP contribution in [0.3, 0.4) is 0 Å². The third kappa shape index (κ3) is 4.05. The molecule has 4 aliphatic rings. The van der Waals surface area contributed by atoms with E-state index in [1.807, 2.05) is 57.2 Å². The number of amides is 4. The SMILES string of the molecule is COc1cccc(C2C3=CCC4C(=O)N(C(C)(C)C)C(=O)C4C3CC3C(=O)N(c4cccc(Cl)c4)C(=O)C32c2ccccc2)c1O. The van der Waals surface area contributed by atoms with E-state index in [9.17, 15) is 19.5 Å². The number of carbonyl (C=O) groups excluding carboxylic acids is 4. The van der Waals surface area contributed by atoms with Gasteiger partial charge in [-0.15, -0.1) is 0 Å². The molecule has 0 radical (unpaired) electrons. The van der Waals surface area contributed by atoms with Gasteiger partial charge < -0.3 is 9.84 Å². The van der Waals surface area contributed by atoms with Gasteiger partial charge in [0.1, 0.15) is 0 Å². The number of ether oxygens (including phenoxy) is 1. The number of allylic oxidation sites excluding steroid dienone is 2. The first-order valence-corrected chi connectivity index (χ1v) is 15.9. The first kappa shape index (κ1) is 30.2. The summed E-state index contributed by atoms with van der Waals surface area (Å²) in [5.74, 6) is -4.77. The molecular formula is C37H35ClN2O6. The number of rotatable bonds is 4. The van der Waals surface area contributed by atoms with Gasteiger partial charge in [0.25, 0.3) is 0 Å². The number of imide groups is 2. The number of fused-ring (bicyclic) bond motifs is 4. The predicted molar refractivity (Wildman–Crippen MR) is 172 cm³/mol. The van der Waals surface area contributed by atoms with Crippen molar-refractivity contribution < 1.29 is 29.0 Å². The maximum absolute atomic E-state index is 15.2. The fraction of sp³-hybridized carbons (Fsp3) is 0.351. The molecule has 7 rings (SSSR count). The highest BCUT2D eigenvalue weighted by molar-refractivity contribution is 6.32. The van der Waals surface area contributed by atoms with Crippen molar-refractivity contribution in [3.8, 4) is 11.5 Å². The first-order chi connectivity index (χ1) is 21.9. The summed E-state index contributed by atoms with van der Waals surface area (Å²) in [6.07, 6.45) is 2.47. The molecule has 0 aromatic heterocycles. The highest BCUT2D eigenvalue weighted by atomic mass is 35.5. The van der Waals surface area contributed by atoms with Gasteiger partial charge in [0.05, 0.1) is 36.0 Å². The van der Waals surface area contributed by atoms with Crippen LogP contribution in [0, 0.1) is 23.7 Å². The number of anilines is 1. The van der Waals surface area contributed by atoms with Crippen LogP contribution in [0.15, 0.2) is 84.4 Å².